The maximum absolute atomic E-state index is 11.1. The summed E-state index contributed by atoms with van der Waals surface area (Å²) in [4.78, 5) is 14.5. The fraction of sp³-hybridized carbons (Fsp3) is 0.0769. The highest BCUT2D eigenvalue weighted by Crippen LogP contribution is 2.34. The van der Waals surface area contributed by atoms with Crippen molar-refractivity contribution >= 4 is 11.5 Å². The SMILES string of the molecule is Cc1cccc(Oc2ncccc2/C(N)=N/O)c1[N+](=O)[O-]. The van der Waals surface area contributed by atoms with Crippen molar-refractivity contribution in [2.75, 3.05) is 0 Å². The molecule has 0 aliphatic heterocycles. The Morgan fingerprint density at radius 2 is 2.19 bits per heavy atom. The van der Waals surface area contributed by atoms with Gasteiger partial charge in [-0.1, -0.05) is 17.3 Å². The number of nitrogens with two attached hydrogens (primary N) is 1. The van der Waals surface area contributed by atoms with Crippen LogP contribution in [-0.4, -0.2) is 21.0 Å². The van der Waals surface area contributed by atoms with E-state index in [9.17, 15) is 10.1 Å². The number of nitro benzene ring substituents is 1. The van der Waals surface area contributed by atoms with E-state index in [4.69, 9.17) is 15.7 Å². The summed E-state index contributed by atoms with van der Waals surface area (Å²) in [7, 11) is 0. The second-order valence-electron chi connectivity index (χ2n) is 4.12. The summed E-state index contributed by atoms with van der Waals surface area (Å²) in [6.07, 6.45) is 1.44. The Kier molecular flexibility index (Phi) is 3.98. The van der Waals surface area contributed by atoms with Gasteiger partial charge in [0.25, 0.3) is 0 Å². The molecule has 0 bridgehead atoms. The van der Waals surface area contributed by atoms with Crippen LogP contribution in [0.15, 0.2) is 41.7 Å². The molecule has 8 heteroatoms. The van der Waals surface area contributed by atoms with E-state index >= 15 is 0 Å². The summed E-state index contributed by atoms with van der Waals surface area (Å²) < 4.78 is 5.48. The first-order valence-electron chi connectivity index (χ1n) is 5.89. The van der Waals surface area contributed by atoms with Gasteiger partial charge in [-0.05, 0) is 25.1 Å². The van der Waals surface area contributed by atoms with Crippen LogP contribution in [0, 0.1) is 17.0 Å². The lowest BCUT2D eigenvalue weighted by atomic mass is 10.2. The summed E-state index contributed by atoms with van der Waals surface area (Å²) >= 11 is 0. The van der Waals surface area contributed by atoms with Crippen LogP contribution >= 0.6 is 0 Å². The van der Waals surface area contributed by atoms with Gasteiger partial charge < -0.3 is 15.7 Å². The lowest BCUT2D eigenvalue weighted by Crippen LogP contribution is -2.14. The van der Waals surface area contributed by atoms with E-state index in [0.717, 1.165) is 0 Å². The van der Waals surface area contributed by atoms with Crippen LogP contribution < -0.4 is 10.5 Å². The van der Waals surface area contributed by atoms with Gasteiger partial charge in [0.15, 0.2) is 5.84 Å². The van der Waals surface area contributed by atoms with E-state index in [1.165, 1.54) is 18.3 Å². The maximum atomic E-state index is 11.1. The molecule has 0 aliphatic rings. The molecule has 1 aromatic heterocycles. The molecule has 0 atom stereocenters. The molecule has 3 N–H and O–H groups in total. The van der Waals surface area contributed by atoms with Gasteiger partial charge in [-0.15, -0.1) is 0 Å². The van der Waals surface area contributed by atoms with Gasteiger partial charge in [0.05, 0.1) is 10.5 Å². The highest BCUT2D eigenvalue weighted by Gasteiger charge is 2.20. The van der Waals surface area contributed by atoms with Crippen LogP contribution in [-0.2, 0) is 0 Å². The lowest BCUT2D eigenvalue weighted by Gasteiger charge is -2.09. The van der Waals surface area contributed by atoms with E-state index in [0.29, 0.717) is 5.56 Å². The number of aromatic nitrogens is 1. The third-order valence-electron chi connectivity index (χ3n) is 2.74. The van der Waals surface area contributed by atoms with Crippen molar-refractivity contribution in [3.8, 4) is 11.6 Å². The van der Waals surface area contributed by atoms with Crippen LogP contribution in [0.25, 0.3) is 0 Å². The second kappa shape index (κ2) is 5.87. The summed E-state index contributed by atoms with van der Waals surface area (Å²) in [6, 6.07) is 7.79. The van der Waals surface area contributed by atoms with Crippen LogP contribution in [0.5, 0.6) is 11.6 Å². The number of nitrogens with zero attached hydrogens (tertiary/aromatic N) is 3. The Hall–Kier alpha value is -3.16. The number of pyridine rings is 1. The highest BCUT2D eigenvalue weighted by atomic mass is 16.6. The number of benzene rings is 1. The standard InChI is InChI=1S/C13H12N4O4/c1-8-4-2-6-10(11(8)17(19)20)21-13-9(12(14)16-18)5-3-7-15-13/h2-7,18H,1H3,(H2,14,16). The lowest BCUT2D eigenvalue weighted by molar-refractivity contribution is -0.386. The quantitative estimate of drug-likeness (QED) is 0.292. The van der Waals surface area contributed by atoms with Crippen molar-refractivity contribution in [1.82, 2.24) is 4.98 Å². The fourth-order valence-corrected chi connectivity index (χ4v) is 1.77. The predicted molar refractivity (Wildman–Crippen MR) is 74.7 cm³/mol. The number of hydrogen-bond donors (Lipinski definition) is 2. The molecule has 2 rings (SSSR count). The Morgan fingerprint density at radius 3 is 2.86 bits per heavy atom. The molecular formula is C13H12N4O4. The summed E-state index contributed by atoms with van der Waals surface area (Å²) in [6.45, 7) is 1.61. The molecule has 1 heterocycles. The molecule has 8 nitrogen and oxygen atoms in total. The molecule has 0 saturated heterocycles. The van der Waals surface area contributed by atoms with Crippen molar-refractivity contribution in [2.45, 2.75) is 6.92 Å². The number of para-hydroxylation sites is 1. The highest BCUT2D eigenvalue weighted by molar-refractivity contribution is 5.99. The molecule has 2 aromatic rings. The molecule has 0 saturated carbocycles. The number of oxime groups is 1. The van der Waals surface area contributed by atoms with Crippen molar-refractivity contribution in [2.24, 2.45) is 10.9 Å². The number of hydrogen-bond acceptors (Lipinski definition) is 6. The third-order valence-corrected chi connectivity index (χ3v) is 2.74. The van der Waals surface area contributed by atoms with Crippen LogP contribution in [0.1, 0.15) is 11.1 Å². The topological polar surface area (TPSA) is 124 Å². The van der Waals surface area contributed by atoms with E-state index < -0.39 is 4.92 Å². The Morgan fingerprint density at radius 1 is 1.43 bits per heavy atom. The van der Waals surface area contributed by atoms with Gasteiger partial charge in [0.1, 0.15) is 0 Å². The number of aryl methyl sites for hydroxylation is 1. The Bertz CT molecular complexity index is 715. The maximum Gasteiger partial charge on any atom is 0.314 e. The van der Waals surface area contributed by atoms with Crippen molar-refractivity contribution in [1.29, 1.82) is 0 Å². The van der Waals surface area contributed by atoms with Crippen molar-refractivity contribution in [3.63, 3.8) is 0 Å². The average Bonchev–Trinajstić information content (AvgIpc) is 2.46. The minimum absolute atomic E-state index is 0.0153. The van der Waals surface area contributed by atoms with Gasteiger partial charge >= 0.3 is 5.69 Å². The Labute approximate surface area is 119 Å². The zero-order chi connectivity index (χ0) is 15.4. The van der Waals surface area contributed by atoms with E-state index in [-0.39, 0.29) is 28.7 Å². The van der Waals surface area contributed by atoms with E-state index in [1.807, 2.05) is 0 Å². The van der Waals surface area contributed by atoms with Gasteiger partial charge in [-0.25, -0.2) is 4.98 Å². The minimum atomic E-state index is -0.531. The fourth-order valence-electron chi connectivity index (χ4n) is 1.77. The molecule has 0 fully saturated rings. The molecule has 1 aromatic carbocycles. The summed E-state index contributed by atoms with van der Waals surface area (Å²) in [5, 5.41) is 22.7. The first-order chi connectivity index (χ1) is 10.0. The summed E-state index contributed by atoms with van der Waals surface area (Å²) in [5.74, 6) is -0.152. The number of amidine groups is 1. The molecule has 21 heavy (non-hydrogen) atoms. The zero-order valence-corrected chi connectivity index (χ0v) is 11.1. The molecule has 0 amide bonds. The van der Waals surface area contributed by atoms with E-state index in [2.05, 4.69) is 10.1 Å². The van der Waals surface area contributed by atoms with Crippen LogP contribution in [0.4, 0.5) is 5.69 Å². The monoisotopic (exact) mass is 288 g/mol. The normalized spacial score (nSPS) is 11.2. The van der Waals surface area contributed by atoms with Gasteiger partial charge in [0.2, 0.25) is 11.6 Å². The van der Waals surface area contributed by atoms with Crippen LogP contribution in [0.3, 0.4) is 0 Å². The average molecular weight is 288 g/mol. The molecule has 0 unspecified atom stereocenters. The molecule has 0 spiro atoms. The van der Waals surface area contributed by atoms with Gasteiger partial charge in [-0.3, -0.25) is 10.1 Å². The molecule has 0 radical (unpaired) electrons. The second-order valence-corrected chi connectivity index (χ2v) is 4.12. The minimum Gasteiger partial charge on any atom is -0.431 e. The number of ether oxygens (including phenoxy) is 1. The van der Waals surface area contributed by atoms with Crippen molar-refractivity contribution < 1.29 is 14.9 Å². The number of rotatable bonds is 4. The largest absolute Gasteiger partial charge is 0.431 e. The third kappa shape index (κ3) is 2.89. The smallest absolute Gasteiger partial charge is 0.314 e. The predicted octanol–water partition coefficient (Wildman–Crippen LogP) is 2.19. The van der Waals surface area contributed by atoms with E-state index in [1.54, 1.807) is 25.1 Å². The Balaban J connectivity index is 2.49. The first kappa shape index (κ1) is 14.3. The zero-order valence-electron chi connectivity index (χ0n) is 11.1. The number of nitro groups is 1. The van der Waals surface area contributed by atoms with Crippen molar-refractivity contribution in [3.05, 3.63) is 57.8 Å². The first-order valence-corrected chi connectivity index (χ1v) is 5.89. The van der Waals surface area contributed by atoms with Gasteiger partial charge in [-0.2, -0.15) is 0 Å². The molecular weight excluding hydrogens is 276 g/mol. The summed E-state index contributed by atoms with van der Waals surface area (Å²) in [5.41, 5.74) is 6.05. The molecule has 0 aliphatic carbocycles. The van der Waals surface area contributed by atoms with Crippen LogP contribution in [0.2, 0.25) is 0 Å². The van der Waals surface area contributed by atoms with Gasteiger partial charge in [0, 0.05) is 11.8 Å². The molecule has 108 valence electrons.